The number of hydrogen-bond acceptors (Lipinski definition) is 4. The molecule has 26 heavy (non-hydrogen) atoms. The van der Waals surface area contributed by atoms with Crippen molar-refractivity contribution in [2.75, 3.05) is 13.1 Å². The average Bonchev–Trinajstić information content (AvgIpc) is 3.23. The summed E-state index contributed by atoms with van der Waals surface area (Å²) in [7, 11) is 0. The predicted molar refractivity (Wildman–Crippen MR) is 93.5 cm³/mol. The molecular formula is C18H27N5O3. The van der Waals surface area contributed by atoms with E-state index < -0.39 is 11.4 Å². The number of aliphatic carboxylic acids is 1. The summed E-state index contributed by atoms with van der Waals surface area (Å²) >= 11 is 0. The molecule has 2 fully saturated rings. The molecule has 1 aliphatic carbocycles. The summed E-state index contributed by atoms with van der Waals surface area (Å²) in [6.07, 6.45) is 6.86. The fourth-order valence-electron chi connectivity index (χ4n) is 4.96. The normalized spacial score (nSPS) is 29.0. The lowest BCUT2D eigenvalue weighted by Gasteiger charge is -2.24. The zero-order valence-corrected chi connectivity index (χ0v) is 15.3. The van der Waals surface area contributed by atoms with Crippen LogP contribution in [-0.2, 0) is 17.8 Å². The molecule has 2 aliphatic heterocycles. The molecule has 8 nitrogen and oxygen atoms in total. The Labute approximate surface area is 153 Å². The van der Waals surface area contributed by atoms with Gasteiger partial charge in [-0.05, 0) is 38.5 Å². The van der Waals surface area contributed by atoms with Crippen LogP contribution in [0.3, 0.4) is 0 Å². The van der Waals surface area contributed by atoms with Crippen LogP contribution in [-0.4, -0.2) is 49.9 Å². The molecule has 1 aromatic heterocycles. The molecular weight excluding hydrogens is 334 g/mol. The van der Waals surface area contributed by atoms with Gasteiger partial charge in [0.25, 0.3) is 0 Å². The van der Waals surface area contributed by atoms with Gasteiger partial charge in [0.05, 0.1) is 11.5 Å². The van der Waals surface area contributed by atoms with Gasteiger partial charge in [-0.15, -0.1) is 10.2 Å². The third kappa shape index (κ3) is 2.75. The van der Waals surface area contributed by atoms with Crippen LogP contribution < -0.4 is 5.32 Å². The fraction of sp³-hybridized carbons (Fsp3) is 0.778. The number of fused-ring (bicyclic) bond motifs is 2. The van der Waals surface area contributed by atoms with Crippen LogP contribution in [0.15, 0.2) is 0 Å². The highest BCUT2D eigenvalue weighted by atomic mass is 16.4. The largest absolute Gasteiger partial charge is 0.481 e. The molecule has 2 amide bonds. The summed E-state index contributed by atoms with van der Waals surface area (Å²) in [4.78, 5) is 26.2. The third-order valence-electron chi connectivity index (χ3n) is 6.45. The van der Waals surface area contributed by atoms with E-state index in [1.807, 2.05) is 6.92 Å². The highest BCUT2D eigenvalue weighted by Gasteiger charge is 2.55. The number of hydrogen-bond donors (Lipinski definition) is 2. The van der Waals surface area contributed by atoms with Gasteiger partial charge in [0.1, 0.15) is 5.82 Å². The number of aromatic nitrogens is 3. The second-order valence-corrected chi connectivity index (χ2v) is 8.04. The summed E-state index contributed by atoms with van der Waals surface area (Å²) in [5.74, 6) is 1.11. The van der Waals surface area contributed by atoms with Crippen molar-refractivity contribution in [1.29, 1.82) is 0 Å². The van der Waals surface area contributed by atoms with Crippen molar-refractivity contribution in [2.45, 2.75) is 64.5 Å². The van der Waals surface area contributed by atoms with E-state index in [1.165, 1.54) is 6.42 Å². The number of carbonyl (C=O) groups is 2. The molecule has 1 saturated carbocycles. The minimum Gasteiger partial charge on any atom is -0.481 e. The quantitative estimate of drug-likeness (QED) is 0.857. The van der Waals surface area contributed by atoms with Crippen LogP contribution in [0.25, 0.3) is 0 Å². The lowest BCUT2D eigenvalue weighted by atomic mass is 9.81. The summed E-state index contributed by atoms with van der Waals surface area (Å²) < 4.78 is 2.13. The number of carboxylic acids is 1. The second kappa shape index (κ2) is 6.55. The first-order valence-corrected chi connectivity index (χ1v) is 9.72. The van der Waals surface area contributed by atoms with Crippen LogP contribution in [0.2, 0.25) is 0 Å². The standard InChI is InChI=1S/C18H27N5O3/c1-12(15-21-20-14-7-3-2-4-9-23(14)15)19-17(26)22-10-13-6-5-8-18(13,11-22)16(24)25/h12-13H,2-11H2,1H3,(H,19,26)(H,24,25)/t12-,13+,18-/m1/s1. The summed E-state index contributed by atoms with van der Waals surface area (Å²) in [6.45, 7) is 3.65. The van der Waals surface area contributed by atoms with Gasteiger partial charge in [-0.25, -0.2) is 4.79 Å². The van der Waals surface area contributed by atoms with Crippen LogP contribution >= 0.6 is 0 Å². The van der Waals surface area contributed by atoms with E-state index in [1.54, 1.807) is 4.90 Å². The average molecular weight is 361 g/mol. The van der Waals surface area contributed by atoms with Crippen molar-refractivity contribution < 1.29 is 14.7 Å². The first-order valence-electron chi connectivity index (χ1n) is 9.72. The molecule has 3 aliphatic rings. The number of carboxylic acid groups (broad SMARTS) is 1. The highest BCUT2D eigenvalue weighted by Crippen LogP contribution is 2.48. The van der Waals surface area contributed by atoms with Gasteiger partial charge >= 0.3 is 12.0 Å². The van der Waals surface area contributed by atoms with E-state index in [9.17, 15) is 14.7 Å². The smallest absolute Gasteiger partial charge is 0.318 e. The van der Waals surface area contributed by atoms with E-state index in [-0.39, 0.29) is 18.0 Å². The maximum Gasteiger partial charge on any atom is 0.318 e. The molecule has 1 aromatic rings. The number of nitrogens with zero attached hydrogens (tertiary/aromatic N) is 4. The Balaban J connectivity index is 1.44. The Kier molecular flexibility index (Phi) is 4.36. The molecule has 3 heterocycles. The molecule has 0 unspecified atom stereocenters. The third-order valence-corrected chi connectivity index (χ3v) is 6.45. The van der Waals surface area contributed by atoms with Gasteiger partial charge in [-0.3, -0.25) is 4.79 Å². The van der Waals surface area contributed by atoms with Gasteiger partial charge in [0, 0.05) is 26.1 Å². The van der Waals surface area contributed by atoms with E-state index in [2.05, 4.69) is 20.1 Å². The lowest BCUT2D eigenvalue weighted by molar-refractivity contribution is -0.149. The van der Waals surface area contributed by atoms with Crippen LogP contribution in [0.4, 0.5) is 4.79 Å². The Morgan fingerprint density at radius 1 is 1.27 bits per heavy atom. The number of urea groups is 1. The van der Waals surface area contributed by atoms with Gasteiger partial charge in [0.15, 0.2) is 5.82 Å². The van der Waals surface area contributed by atoms with Crippen LogP contribution in [0.1, 0.15) is 63.1 Å². The van der Waals surface area contributed by atoms with Gasteiger partial charge in [-0.2, -0.15) is 0 Å². The van der Waals surface area contributed by atoms with E-state index in [4.69, 9.17) is 0 Å². The summed E-state index contributed by atoms with van der Waals surface area (Å²) in [5, 5.41) is 21.3. The zero-order valence-electron chi connectivity index (χ0n) is 15.3. The molecule has 0 bridgehead atoms. The SMILES string of the molecule is C[C@@H](NC(=O)N1C[C@@H]2CCC[C@@]2(C(=O)O)C1)c1nnc2n1CCCCC2. The minimum atomic E-state index is -0.758. The minimum absolute atomic E-state index is 0.0745. The van der Waals surface area contributed by atoms with Gasteiger partial charge in [-0.1, -0.05) is 12.8 Å². The molecule has 0 radical (unpaired) electrons. The zero-order chi connectivity index (χ0) is 18.3. The Hall–Kier alpha value is -2.12. The Bertz CT molecular complexity index is 718. The molecule has 0 spiro atoms. The number of rotatable bonds is 3. The van der Waals surface area contributed by atoms with Crippen molar-refractivity contribution in [3.63, 3.8) is 0 Å². The van der Waals surface area contributed by atoms with Crippen molar-refractivity contribution in [2.24, 2.45) is 11.3 Å². The Morgan fingerprint density at radius 2 is 2.12 bits per heavy atom. The second-order valence-electron chi connectivity index (χ2n) is 8.04. The van der Waals surface area contributed by atoms with Crippen LogP contribution in [0.5, 0.6) is 0 Å². The molecule has 8 heteroatoms. The first kappa shape index (κ1) is 17.3. The van der Waals surface area contributed by atoms with Crippen molar-refractivity contribution in [1.82, 2.24) is 25.0 Å². The van der Waals surface area contributed by atoms with Crippen molar-refractivity contribution in [3.8, 4) is 0 Å². The number of carbonyl (C=O) groups excluding carboxylic acids is 1. The molecule has 2 N–H and O–H groups in total. The van der Waals surface area contributed by atoms with E-state index >= 15 is 0 Å². The number of aryl methyl sites for hydroxylation is 1. The Morgan fingerprint density at radius 3 is 2.88 bits per heavy atom. The lowest BCUT2D eigenvalue weighted by Crippen LogP contribution is -2.42. The maximum absolute atomic E-state index is 12.7. The topological polar surface area (TPSA) is 100 Å². The fourth-order valence-corrected chi connectivity index (χ4v) is 4.96. The number of likely N-dealkylation sites (tertiary alicyclic amines) is 1. The molecule has 3 atom stereocenters. The first-order chi connectivity index (χ1) is 12.5. The molecule has 1 saturated heterocycles. The van der Waals surface area contributed by atoms with E-state index in [0.717, 1.165) is 50.3 Å². The van der Waals surface area contributed by atoms with Crippen molar-refractivity contribution >= 4 is 12.0 Å². The molecule has 142 valence electrons. The van der Waals surface area contributed by atoms with Crippen LogP contribution in [0, 0.1) is 11.3 Å². The van der Waals surface area contributed by atoms with E-state index in [0.29, 0.717) is 19.5 Å². The summed E-state index contributed by atoms with van der Waals surface area (Å²) in [5.41, 5.74) is -0.744. The number of nitrogens with one attached hydrogen (secondary N) is 1. The van der Waals surface area contributed by atoms with Gasteiger partial charge in [0.2, 0.25) is 0 Å². The highest BCUT2D eigenvalue weighted by molar-refractivity contribution is 5.80. The monoisotopic (exact) mass is 361 g/mol. The maximum atomic E-state index is 12.7. The molecule has 0 aromatic carbocycles. The predicted octanol–water partition coefficient (Wildman–Crippen LogP) is 1.96. The van der Waals surface area contributed by atoms with Crippen molar-refractivity contribution in [3.05, 3.63) is 11.6 Å². The summed E-state index contributed by atoms with van der Waals surface area (Å²) in [6, 6.07) is -0.443. The molecule has 4 rings (SSSR count). The van der Waals surface area contributed by atoms with Gasteiger partial charge < -0.3 is 19.9 Å². The number of amides is 2.